The van der Waals surface area contributed by atoms with Crippen molar-refractivity contribution in [2.75, 3.05) is 6.61 Å². The van der Waals surface area contributed by atoms with E-state index in [4.69, 9.17) is 4.42 Å². The SMILES string of the molecule is OCC(NCc1csc2ccccc12)c1ccco1. The van der Waals surface area contributed by atoms with E-state index in [1.165, 1.54) is 15.6 Å². The van der Waals surface area contributed by atoms with Crippen molar-refractivity contribution >= 4 is 21.4 Å². The summed E-state index contributed by atoms with van der Waals surface area (Å²) in [5, 5.41) is 16.2. The molecule has 98 valence electrons. The number of rotatable bonds is 5. The normalized spacial score (nSPS) is 12.9. The third kappa shape index (κ3) is 2.56. The van der Waals surface area contributed by atoms with Crippen molar-refractivity contribution in [1.29, 1.82) is 0 Å². The number of hydrogen-bond donors (Lipinski definition) is 2. The highest BCUT2D eigenvalue weighted by atomic mass is 32.1. The Balaban J connectivity index is 1.75. The van der Waals surface area contributed by atoms with Crippen molar-refractivity contribution < 1.29 is 9.52 Å². The van der Waals surface area contributed by atoms with Crippen molar-refractivity contribution in [2.24, 2.45) is 0 Å². The largest absolute Gasteiger partial charge is 0.468 e. The number of aliphatic hydroxyl groups excluding tert-OH is 1. The van der Waals surface area contributed by atoms with Crippen LogP contribution in [0, 0.1) is 0 Å². The molecule has 0 amide bonds. The molecule has 0 fully saturated rings. The van der Waals surface area contributed by atoms with Crippen molar-refractivity contribution in [2.45, 2.75) is 12.6 Å². The molecule has 3 aromatic rings. The van der Waals surface area contributed by atoms with E-state index in [2.05, 4.69) is 35.0 Å². The van der Waals surface area contributed by atoms with E-state index < -0.39 is 0 Å². The summed E-state index contributed by atoms with van der Waals surface area (Å²) in [6, 6.07) is 11.9. The second-order valence-corrected chi connectivity index (χ2v) is 5.30. The highest BCUT2D eigenvalue weighted by molar-refractivity contribution is 7.17. The van der Waals surface area contributed by atoms with Gasteiger partial charge in [0.1, 0.15) is 5.76 Å². The fourth-order valence-electron chi connectivity index (χ4n) is 2.15. The molecule has 0 bridgehead atoms. The summed E-state index contributed by atoms with van der Waals surface area (Å²) in [5.74, 6) is 0.766. The summed E-state index contributed by atoms with van der Waals surface area (Å²) in [7, 11) is 0. The van der Waals surface area contributed by atoms with Gasteiger partial charge in [-0.1, -0.05) is 18.2 Å². The maximum Gasteiger partial charge on any atom is 0.123 e. The lowest BCUT2D eigenvalue weighted by Gasteiger charge is -2.13. The standard InChI is InChI=1S/C15H15NO2S/c17-9-13(14-5-3-7-18-14)16-8-11-10-19-15-6-2-1-4-12(11)15/h1-7,10,13,16-17H,8-9H2. The van der Waals surface area contributed by atoms with E-state index in [0.29, 0.717) is 0 Å². The van der Waals surface area contributed by atoms with Gasteiger partial charge in [0.2, 0.25) is 0 Å². The molecule has 1 atom stereocenters. The first-order chi connectivity index (χ1) is 9.38. The van der Waals surface area contributed by atoms with E-state index in [9.17, 15) is 5.11 Å². The Kier molecular flexibility index (Phi) is 3.64. The number of aliphatic hydroxyl groups is 1. The molecule has 0 saturated carbocycles. The number of nitrogens with one attached hydrogen (secondary N) is 1. The van der Waals surface area contributed by atoms with Crippen LogP contribution in [0.15, 0.2) is 52.5 Å². The molecule has 19 heavy (non-hydrogen) atoms. The average molecular weight is 273 g/mol. The van der Waals surface area contributed by atoms with Gasteiger partial charge in [0, 0.05) is 11.2 Å². The third-order valence-corrected chi connectivity index (χ3v) is 4.18. The van der Waals surface area contributed by atoms with Gasteiger partial charge in [-0.2, -0.15) is 0 Å². The second kappa shape index (κ2) is 5.57. The van der Waals surface area contributed by atoms with Crippen molar-refractivity contribution in [3.05, 3.63) is 59.4 Å². The van der Waals surface area contributed by atoms with Gasteiger partial charge in [-0.15, -0.1) is 11.3 Å². The predicted octanol–water partition coefficient (Wildman–Crippen LogP) is 3.32. The number of benzene rings is 1. The summed E-state index contributed by atoms with van der Waals surface area (Å²) in [4.78, 5) is 0. The van der Waals surface area contributed by atoms with Gasteiger partial charge in [-0.3, -0.25) is 0 Å². The summed E-state index contributed by atoms with van der Waals surface area (Å²) < 4.78 is 6.61. The summed E-state index contributed by atoms with van der Waals surface area (Å²) >= 11 is 1.74. The van der Waals surface area contributed by atoms with Gasteiger partial charge in [0.05, 0.1) is 18.9 Å². The van der Waals surface area contributed by atoms with E-state index in [0.717, 1.165) is 12.3 Å². The van der Waals surface area contributed by atoms with Crippen LogP contribution < -0.4 is 5.32 Å². The first-order valence-electron chi connectivity index (χ1n) is 6.21. The third-order valence-electron chi connectivity index (χ3n) is 3.17. The van der Waals surface area contributed by atoms with Crippen LogP contribution in [0.4, 0.5) is 0 Å². The number of thiophene rings is 1. The molecule has 4 heteroatoms. The minimum atomic E-state index is -0.159. The number of hydrogen-bond acceptors (Lipinski definition) is 4. The van der Waals surface area contributed by atoms with E-state index in [1.807, 2.05) is 12.1 Å². The number of fused-ring (bicyclic) bond motifs is 1. The molecule has 0 aliphatic heterocycles. The monoisotopic (exact) mass is 273 g/mol. The lowest BCUT2D eigenvalue weighted by atomic mass is 10.1. The zero-order chi connectivity index (χ0) is 13.1. The van der Waals surface area contributed by atoms with E-state index in [1.54, 1.807) is 17.6 Å². The highest BCUT2D eigenvalue weighted by Gasteiger charge is 2.13. The summed E-state index contributed by atoms with van der Waals surface area (Å²) in [6.07, 6.45) is 1.62. The van der Waals surface area contributed by atoms with Crippen LogP contribution in [0.5, 0.6) is 0 Å². The fourth-order valence-corrected chi connectivity index (χ4v) is 3.11. The van der Waals surface area contributed by atoms with Crippen LogP contribution in [0.25, 0.3) is 10.1 Å². The molecular weight excluding hydrogens is 258 g/mol. The van der Waals surface area contributed by atoms with Crippen LogP contribution in [0.1, 0.15) is 17.4 Å². The highest BCUT2D eigenvalue weighted by Crippen LogP contribution is 2.26. The Hall–Kier alpha value is -1.62. The molecular formula is C15H15NO2S. The van der Waals surface area contributed by atoms with Crippen LogP contribution >= 0.6 is 11.3 Å². The smallest absolute Gasteiger partial charge is 0.123 e. The topological polar surface area (TPSA) is 45.4 Å². The average Bonchev–Trinajstić information content (AvgIpc) is 3.09. The van der Waals surface area contributed by atoms with E-state index in [-0.39, 0.29) is 12.6 Å². The van der Waals surface area contributed by atoms with Crippen LogP contribution in [0.3, 0.4) is 0 Å². The molecule has 1 unspecified atom stereocenters. The zero-order valence-corrected chi connectivity index (χ0v) is 11.2. The van der Waals surface area contributed by atoms with Crippen molar-refractivity contribution in [1.82, 2.24) is 5.32 Å². The lowest BCUT2D eigenvalue weighted by Crippen LogP contribution is -2.23. The molecule has 0 spiro atoms. The zero-order valence-electron chi connectivity index (χ0n) is 10.4. The maximum absolute atomic E-state index is 9.42. The molecule has 1 aromatic carbocycles. The van der Waals surface area contributed by atoms with Gasteiger partial charge < -0.3 is 14.8 Å². The molecule has 0 aliphatic carbocycles. The maximum atomic E-state index is 9.42. The first kappa shape index (κ1) is 12.4. The molecule has 2 aromatic heterocycles. The summed E-state index contributed by atoms with van der Waals surface area (Å²) in [5.41, 5.74) is 1.26. The predicted molar refractivity (Wildman–Crippen MR) is 77.2 cm³/mol. The Morgan fingerprint density at radius 2 is 2.11 bits per heavy atom. The molecule has 3 rings (SSSR count). The Morgan fingerprint density at radius 1 is 1.21 bits per heavy atom. The van der Waals surface area contributed by atoms with Gasteiger partial charge in [-0.25, -0.2) is 0 Å². The quantitative estimate of drug-likeness (QED) is 0.749. The minimum absolute atomic E-state index is 0.0234. The van der Waals surface area contributed by atoms with Crippen LogP contribution in [-0.4, -0.2) is 11.7 Å². The van der Waals surface area contributed by atoms with E-state index >= 15 is 0 Å². The molecule has 2 heterocycles. The molecule has 3 nitrogen and oxygen atoms in total. The van der Waals surface area contributed by atoms with Crippen molar-refractivity contribution in [3.8, 4) is 0 Å². The molecule has 0 aliphatic rings. The van der Waals surface area contributed by atoms with Crippen molar-refractivity contribution in [3.63, 3.8) is 0 Å². The van der Waals surface area contributed by atoms with Gasteiger partial charge >= 0.3 is 0 Å². The second-order valence-electron chi connectivity index (χ2n) is 4.39. The van der Waals surface area contributed by atoms with Gasteiger partial charge in [0.15, 0.2) is 0 Å². The van der Waals surface area contributed by atoms with Gasteiger partial charge in [0.25, 0.3) is 0 Å². The molecule has 2 N–H and O–H groups in total. The Labute approximate surface area is 115 Å². The van der Waals surface area contributed by atoms with Gasteiger partial charge in [-0.05, 0) is 34.5 Å². The fraction of sp³-hybridized carbons (Fsp3) is 0.200. The molecule has 0 saturated heterocycles. The van der Waals surface area contributed by atoms with Crippen LogP contribution in [-0.2, 0) is 6.54 Å². The van der Waals surface area contributed by atoms with Crippen LogP contribution in [0.2, 0.25) is 0 Å². The Bertz CT molecular complexity index is 645. The lowest BCUT2D eigenvalue weighted by molar-refractivity contribution is 0.225. The minimum Gasteiger partial charge on any atom is -0.468 e. The molecule has 0 radical (unpaired) electrons. The summed E-state index contributed by atoms with van der Waals surface area (Å²) in [6.45, 7) is 0.742. The Morgan fingerprint density at radius 3 is 2.89 bits per heavy atom. The first-order valence-corrected chi connectivity index (χ1v) is 7.09. The number of furan rings is 1.